The van der Waals surface area contributed by atoms with Gasteiger partial charge in [0.15, 0.2) is 0 Å². The van der Waals surface area contributed by atoms with E-state index in [1.807, 2.05) is 37.3 Å². The lowest BCUT2D eigenvalue weighted by Crippen LogP contribution is -2.34. The van der Waals surface area contributed by atoms with E-state index in [1.165, 1.54) is 11.1 Å². The first kappa shape index (κ1) is 16.6. The lowest BCUT2D eigenvalue weighted by Gasteiger charge is -2.20. The highest BCUT2D eigenvalue weighted by Gasteiger charge is 2.18. The fraction of sp³-hybridized carbons (Fsp3) is 0.316. The molecule has 0 spiro atoms. The molecule has 0 aliphatic rings. The molecule has 0 bridgehead atoms. The van der Waals surface area contributed by atoms with E-state index in [4.69, 9.17) is 0 Å². The van der Waals surface area contributed by atoms with Crippen molar-refractivity contribution in [1.29, 1.82) is 0 Å². The maximum Gasteiger partial charge on any atom is 0.233 e. The monoisotopic (exact) mass is 313 g/mol. The summed E-state index contributed by atoms with van der Waals surface area (Å²) < 4.78 is 0. The molecular weight excluding hydrogens is 290 g/mol. The summed E-state index contributed by atoms with van der Waals surface area (Å²) in [5.74, 6) is 0.0845. The molecule has 0 heterocycles. The molecule has 2 atom stereocenters. The maximum absolute atomic E-state index is 12.4. The van der Waals surface area contributed by atoms with E-state index < -0.39 is 0 Å². The van der Waals surface area contributed by atoms with E-state index in [9.17, 15) is 4.79 Å². The van der Waals surface area contributed by atoms with E-state index in [-0.39, 0.29) is 17.2 Å². The number of hydrogen-bond donors (Lipinski definition) is 1. The number of nitrogens with one attached hydrogen (secondary N) is 1. The number of carbonyl (C=O) groups is 1. The van der Waals surface area contributed by atoms with Crippen molar-refractivity contribution in [2.45, 2.75) is 43.4 Å². The Bertz CT molecular complexity index is 595. The molecule has 3 heteroatoms. The first-order valence-electron chi connectivity index (χ1n) is 7.68. The van der Waals surface area contributed by atoms with Gasteiger partial charge in [0.05, 0.1) is 11.3 Å². The van der Waals surface area contributed by atoms with Crippen LogP contribution in [0.3, 0.4) is 0 Å². The standard InChI is InChI=1S/C19H23NOS/c1-4-18(16-12-10-14(2)11-13-16)20-19(21)15(3)22-17-8-6-5-7-9-17/h5-13,15,18H,4H2,1-3H3,(H,20,21)/t15-,18+/m1/s1. The molecule has 2 rings (SSSR count). The molecule has 2 aromatic carbocycles. The van der Waals surface area contributed by atoms with Crippen LogP contribution in [0.1, 0.15) is 37.4 Å². The zero-order valence-corrected chi connectivity index (χ0v) is 14.2. The molecule has 2 aromatic rings. The minimum atomic E-state index is -0.109. The highest BCUT2D eigenvalue weighted by Crippen LogP contribution is 2.24. The van der Waals surface area contributed by atoms with Crippen LogP contribution in [-0.2, 0) is 4.79 Å². The molecule has 0 unspecified atom stereocenters. The number of benzene rings is 2. The van der Waals surface area contributed by atoms with Gasteiger partial charge in [-0.15, -0.1) is 11.8 Å². The first-order chi connectivity index (χ1) is 10.6. The lowest BCUT2D eigenvalue weighted by molar-refractivity contribution is -0.121. The van der Waals surface area contributed by atoms with Gasteiger partial charge in [-0.1, -0.05) is 55.0 Å². The van der Waals surface area contributed by atoms with Gasteiger partial charge in [-0.2, -0.15) is 0 Å². The van der Waals surface area contributed by atoms with Gasteiger partial charge in [-0.3, -0.25) is 4.79 Å². The summed E-state index contributed by atoms with van der Waals surface area (Å²) in [6.45, 7) is 6.12. The molecule has 2 nitrogen and oxygen atoms in total. The Morgan fingerprint density at radius 3 is 2.32 bits per heavy atom. The zero-order chi connectivity index (χ0) is 15.9. The molecule has 1 N–H and O–H groups in total. The van der Waals surface area contributed by atoms with Gasteiger partial charge >= 0.3 is 0 Å². The van der Waals surface area contributed by atoms with Crippen LogP contribution >= 0.6 is 11.8 Å². The van der Waals surface area contributed by atoms with Crippen LogP contribution in [0.4, 0.5) is 0 Å². The second-order valence-corrected chi connectivity index (χ2v) is 6.87. The Balaban J connectivity index is 1.98. The van der Waals surface area contributed by atoms with Crippen LogP contribution in [-0.4, -0.2) is 11.2 Å². The summed E-state index contributed by atoms with van der Waals surface area (Å²) in [5.41, 5.74) is 2.40. The number of rotatable bonds is 6. The number of hydrogen-bond acceptors (Lipinski definition) is 2. The SMILES string of the molecule is CC[C@H](NC(=O)[C@@H](C)Sc1ccccc1)c1ccc(C)cc1. The van der Waals surface area contributed by atoms with E-state index in [2.05, 4.69) is 43.4 Å². The number of thioether (sulfide) groups is 1. The van der Waals surface area contributed by atoms with Crippen LogP contribution in [0.15, 0.2) is 59.5 Å². The van der Waals surface area contributed by atoms with Crippen LogP contribution in [0.25, 0.3) is 0 Å². The minimum absolute atomic E-state index is 0.0759. The van der Waals surface area contributed by atoms with Gasteiger partial charge in [0.25, 0.3) is 0 Å². The smallest absolute Gasteiger partial charge is 0.233 e. The Morgan fingerprint density at radius 2 is 1.73 bits per heavy atom. The van der Waals surface area contributed by atoms with Gasteiger partial charge in [0.2, 0.25) is 5.91 Å². The molecule has 22 heavy (non-hydrogen) atoms. The third-order valence-electron chi connectivity index (χ3n) is 3.63. The molecule has 116 valence electrons. The number of amides is 1. The topological polar surface area (TPSA) is 29.1 Å². The van der Waals surface area contributed by atoms with Crippen LogP contribution < -0.4 is 5.32 Å². The predicted octanol–water partition coefficient (Wildman–Crippen LogP) is 4.74. The summed E-state index contributed by atoms with van der Waals surface area (Å²) >= 11 is 1.59. The van der Waals surface area contributed by atoms with Crippen molar-refractivity contribution in [1.82, 2.24) is 5.32 Å². The summed E-state index contributed by atoms with van der Waals surface area (Å²) in [6.07, 6.45) is 0.886. The molecule has 0 aromatic heterocycles. The van der Waals surface area contributed by atoms with E-state index in [0.717, 1.165) is 11.3 Å². The molecule has 0 saturated carbocycles. The highest BCUT2D eigenvalue weighted by atomic mass is 32.2. The number of carbonyl (C=O) groups excluding carboxylic acids is 1. The van der Waals surface area contributed by atoms with Gasteiger partial charge in [0, 0.05) is 4.90 Å². The van der Waals surface area contributed by atoms with Crippen molar-refractivity contribution < 1.29 is 4.79 Å². The lowest BCUT2D eigenvalue weighted by atomic mass is 10.0. The second-order valence-electron chi connectivity index (χ2n) is 5.45. The Hall–Kier alpha value is -1.74. The molecular formula is C19H23NOS. The van der Waals surface area contributed by atoms with Gasteiger partial charge < -0.3 is 5.32 Å². The summed E-state index contributed by atoms with van der Waals surface area (Å²) in [4.78, 5) is 13.5. The van der Waals surface area contributed by atoms with Crippen molar-refractivity contribution in [3.05, 3.63) is 65.7 Å². The highest BCUT2D eigenvalue weighted by molar-refractivity contribution is 8.00. The molecule has 0 saturated heterocycles. The molecule has 0 aliphatic carbocycles. The van der Waals surface area contributed by atoms with Gasteiger partial charge in [0.1, 0.15) is 0 Å². The predicted molar refractivity (Wildman–Crippen MR) is 94.1 cm³/mol. The van der Waals surface area contributed by atoms with Crippen LogP contribution in [0.2, 0.25) is 0 Å². The zero-order valence-electron chi connectivity index (χ0n) is 13.4. The number of aryl methyl sites for hydroxylation is 1. The minimum Gasteiger partial charge on any atom is -0.348 e. The molecule has 0 fully saturated rings. The molecule has 0 radical (unpaired) electrons. The fourth-order valence-corrected chi connectivity index (χ4v) is 3.16. The van der Waals surface area contributed by atoms with Crippen molar-refractivity contribution in [3.8, 4) is 0 Å². The molecule has 0 aliphatic heterocycles. The Kier molecular flexibility index (Phi) is 6.08. The Morgan fingerprint density at radius 1 is 1.09 bits per heavy atom. The van der Waals surface area contributed by atoms with Crippen LogP contribution in [0, 0.1) is 6.92 Å². The van der Waals surface area contributed by atoms with E-state index in [0.29, 0.717) is 0 Å². The second kappa shape index (κ2) is 8.04. The van der Waals surface area contributed by atoms with Crippen molar-refractivity contribution in [2.24, 2.45) is 0 Å². The maximum atomic E-state index is 12.4. The van der Waals surface area contributed by atoms with Gasteiger partial charge in [-0.25, -0.2) is 0 Å². The third kappa shape index (κ3) is 4.63. The third-order valence-corrected chi connectivity index (χ3v) is 4.74. The van der Waals surface area contributed by atoms with Crippen molar-refractivity contribution in [2.75, 3.05) is 0 Å². The van der Waals surface area contributed by atoms with Crippen molar-refractivity contribution >= 4 is 17.7 Å². The normalized spacial score (nSPS) is 13.4. The summed E-state index contributed by atoms with van der Waals surface area (Å²) in [6, 6.07) is 18.5. The Labute approximate surface area is 137 Å². The average Bonchev–Trinajstić information content (AvgIpc) is 2.54. The summed E-state index contributed by atoms with van der Waals surface area (Å²) in [7, 11) is 0. The van der Waals surface area contributed by atoms with Gasteiger partial charge in [-0.05, 0) is 38.0 Å². The van der Waals surface area contributed by atoms with Crippen LogP contribution in [0.5, 0.6) is 0 Å². The largest absolute Gasteiger partial charge is 0.348 e. The van der Waals surface area contributed by atoms with E-state index >= 15 is 0 Å². The quantitative estimate of drug-likeness (QED) is 0.780. The fourth-order valence-electron chi connectivity index (χ4n) is 2.27. The summed E-state index contributed by atoms with van der Waals surface area (Å²) in [5, 5.41) is 3.05. The van der Waals surface area contributed by atoms with E-state index in [1.54, 1.807) is 11.8 Å². The van der Waals surface area contributed by atoms with Crippen molar-refractivity contribution in [3.63, 3.8) is 0 Å². The average molecular weight is 313 g/mol. The first-order valence-corrected chi connectivity index (χ1v) is 8.56. The molecule has 1 amide bonds.